The molecule has 1 aromatic carbocycles. The summed E-state index contributed by atoms with van der Waals surface area (Å²) in [6, 6.07) is 4.32. The van der Waals surface area contributed by atoms with Crippen molar-refractivity contribution in [3.05, 3.63) is 28.2 Å². The lowest BCUT2D eigenvalue weighted by molar-refractivity contribution is -0.141. The van der Waals surface area contributed by atoms with Crippen LogP contribution in [0.5, 0.6) is 0 Å². The van der Waals surface area contributed by atoms with Gasteiger partial charge in [-0.1, -0.05) is 22.0 Å². The van der Waals surface area contributed by atoms with Gasteiger partial charge in [0.25, 0.3) is 0 Å². The van der Waals surface area contributed by atoms with Gasteiger partial charge in [-0.25, -0.2) is 9.59 Å². The number of anilines is 1. The number of hydrogen-bond donors (Lipinski definition) is 2. The van der Waals surface area contributed by atoms with E-state index in [0.717, 1.165) is 10.0 Å². The summed E-state index contributed by atoms with van der Waals surface area (Å²) >= 11 is 4.86. The van der Waals surface area contributed by atoms with Crippen molar-refractivity contribution in [2.45, 2.75) is 25.3 Å². The average Bonchev–Trinajstić information content (AvgIpc) is 2.76. The average molecular weight is 359 g/mol. The smallest absolute Gasteiger partial charge is 0.327 e. The Morgan fingerprint density at radius 2 is 2.20 bits per heavy atom. The Hall–Kier alpha value is -1.21. The molecule has 0 bridgehead atoms. The molecule has 5 nitrogen and oxygen atoms in total. The lowest BCUT2D eigenvalue weighted by Crippen LogP contribution is -2.46. The Bertz CT molecular complexity index is 552. The third kappa shape index (κ3) is 3.09. The lowest BCUT2D eigenvalue weighted by Gasteiger charge is -2.25. The number of nitrogens with zero attached hydrogens (tertiary/aromatic N) is 1. The number of carboxylic acids is 1. The summed E-state index contributed by atoms with van der Waals surface area (Å²) in [5, 5.41) is 11.8. The van der Waals surface area contributed by atoms with E-state index < -0.39 is 12.0 Å². The van der Waals surface area contributed by atoms with Gasteiger partial charge in [-0.2, -0.15) is 0 Å². The number of carbonyl (C=O) groups excluding carboxylic acids is 1. The van der Waals surface area contributed by atoms with Crippen LogP contribution in [0.1, 0.15) is 12.5 Å². The second kappa shape index (κ2) is 6.05. The van der Waals surface area contributed by atoms with Crippen molar-refractivity contribution in [3.63, 3.8) is 0 Å². The summed E-state index contributed by atoms with van der Waals surface area (Å²) in [5.41, 5.74) is 1.71. The first-order chi connectivity index (χ1) is 9.40. The van der Waals surface area contributed by atoms with E-state index in [1.165, 1.54) is 16.7 Å². The zero-order valence-electron chi connectivity index (χ0n) is 11.1. The van der Waals surface area contributed by atoms with Crippen molar-refractivity contribution in [1.82, 2.24) is 4.90 Å². The highest BCUT2D eigenvalue weighted by Crippen LogP contribution is 2.30. The third-order valence-electron chi connectivity index (χ3n) is 3.17. The molecule has 1 saturated heterocycles. The van der Waals surface area contributed by atoms with Gasteiger partial charge in [0, 0.05) is 15.9 Å². The van der Waals surface area contributed by atoms with Gasteiger partial charge >= 0.3 is 12.0 Å². The third-order valence-corrected chi connectivity index (χ3v) is 5.24. The Morgan fingerprint density at radius 1 is 1.50 bits per heavy atom. The fourth-order valence-electron chi connectivity index (χ4n) is 2.00. The van der Waals surface area contributed by atoms with Gasteiger partial charge in [-0.15, -0.1) is 11.8 Å². The SMILES string of the molecule is Cc1ccc(NC(=O)N2C(C)SCC2C(=O)O)cc1Br. The number of aliphatic carboxylic acids is 1. The van der Waals surface area contributed by atoms with Crippen LogP contribution in [0.15, 0.2) is 22.7 Å². The molecular weight excluding hydrogens is 344 g/mol. The van der Waals surface area contributed by atoms with Crippen LogP contribution in [0.25, 0.3) is 0 Å². The molecule has 0 saturated carbocycles. The van der Waals surface area contributed by atoms with E-state index in [9.17, 15) is 9.59 Å². The Kier molecular flexibility index (Phi) is 4.59. The quantitative estimate of drug-likeness (QED) is 0.851. The van der Waals surface area contributed by atoms with Crippen LogP contribution in [-0.4, -0.2) is 39.2 Å². The van der Waals surface area contributed by atoms with Crippen LogP contribution in [0.3, 0.4) is 0 Å². The Morgan fingerprint density at radius 3 is 2.80 bits per heavy atom. The number of aryl methyl sites for hydroxylation is 1. The van der Waals surface area contributed by atoms with Gasteiger partial charge in [0.15, 0.2) is 0 Å². The number of urea groups is 1. The number of amides is 2. The van der Waals surface area contributed by atoms with E-state index in [4.69, 9.17) is 5.11 Å². The number of nitrogens with one attached hydrogen (secondary N) is 1. The van der Waals surface area contributed by atoms with E-state index in [-0.39, 0.29) is 11.4 Å². The van der Waals surface area contributed by atoms with Gasteiger partial charge in [-0.05, 0) is 31.5 Å². The number of halogens is 1. The Labute approximate surface area is 129 Å². The molecule has 1 fully saturated rings. The molecule has 2 rings (SSSR count). The fraction of sp³-hybridized carbons (Fsp3) is 0.385. The maximum absolute atomic E-state index is 12.3. The van der Waals surface area contributed by atoms with E-state index in [0.29, 0.717) is 11.4 Å². The number of hydrogen-bond acceptors (Lipinski definition) is 3. The van der Waals surface area contributed by atoms with Crippen molar-refractivity contribution < 1.29 is 14.7 Å². The monoisotopic (exact) mass is 358 g/mol. The predicted octanol–water partition coefficient (Wildman–Crippen LogP) is 3.14. The number of thioether (sulfide) groups is 1. The number of rotatable bonds is 2. The molecule has 0 aliphatic carbocycles. The zero-order valence-corrected chi connectivity index (χ0v) is 13.5. The summed E-state index contributed by atoms with van der Waals surface area (Å²) in [6.07, 6.45) is 0. The topological polar surface area (TPSA) is 69.6 Å². The summed E-state index contributed by atoms with van der Waals surface area (Å²) < 4.78 is 0.897. The van der Waals surface area contributed by atoms with E-state index in [2.05, 4.69) is 21.2 Å². The molecule has 1 aromatic rings. The second-order valence-corrected chi connectivity index (χ2v) is 6.79. The molecule has 2 N–H and O–H groups in total. The highest BCUT2D eigenvalue weighted by atomic mass is 79.9. The molecule has 0 spiro atoms. The van der Waals surface area contributed by atoms with E-state index in [1.54, 1.807) is 12.1 Å². The first-order valence-electron chi connectivity index (χ1n) is 6.10. The molecule has 2 atom stereocenters. The molecule has 2 amide bonds. The first-order valence-corrected chi connectivity index (χ1v) is 7.94. The minimum atomic E-state index is -0.970. The molecule has 0 radical (unpaired) electrons. The summed E-state index contributed by atoms with van der Waals surface area (Å²) in [4.78, 5) is 24.8. The summed E-state index contributed by atoms with van der Waals surface area (Å²) in [5.74, 6) is -0.552. The maximum Gasteiger partial charge on any atom is 0.327 e. The molecule has 2 unspecified atom stereocenters. The van der Waals surface area contributed by atoms with Crippen molar-refractivity contribution in [1.29, 1.82) is 0 Å². The van der Waals surface area contributed by atoms with Crippen LogP contribution < -0.4 is 5.32 Å². The van der Waals surface area contributed by atoms with Gasteiger partial charge < -0.3 is 10.4 Å². The van der Waals surface area contributed by atoms with Crippen LogP contribution in [0, 0.1) is 6.92 Å². The Balaban J connectivity index is 2.14. The van der Waals surface area contributed by atoms with Crippen molar-refractivity contribution in [2.75, 3.05) is 11.1 Å². The van der Waals surface area contributed by atoms with Gasteiger partial charge in [-0.3, -0.25) is 4.90 Å². The molecule has 1 aliphatic heterocycles. The minimum absolute atomic E-state index is 0.148. The fourth-order valence-corrected chi connectivity index (χ4v) is 3.55. The van der Waals surface area contributed by atoms with Crippen molar-refractivity contribution >= 4 is 45.4 Å². The van der Waals surface area contributed by atoms with Crippen molar-refractivity contribution in [3.8, 4) is 0 Å². The van der Waals surface area contributed by atoms with Crippen molar-refractivity contribution in [2.24, 2.45) is 0 Å². The number of benzene rings is 1. The van der Waals surface area contributed by atoms with Gasteiger partial charge in [0.2, 0.25) is 0 Å². The molecule has 1 heterocycles. The second-order valence-electron chi connectivity index (χ2n) is 4.59. The molecular formula is C13H15BrN2O3S. The predicted molar refractivity (Wildman–Crippen MR) is 83.1 cm³/mol. The normalized spacial score (nSPS) is 21.9. The number of carboxylic acid groups (broad SMARTS) is 1. The first kappa shape index (κ1) is 15.2. The van der Waals surface area contributed by atoms with E-state index in [1.807, 2.05) is 19.9 Å². The van der Waals surface area contributed by atoms with Crippen LogP contribution in [0.4, 0.5) is 10.5 Å². The highest BCUT2D eigenvalue weighted by Gasteiger charge is 2.39. The molecule has 7 heteroatoms. The zero-order chi connectivity index (χ0) is 14.9. The van der Waals surface area contributed by atoms with Crippen LogP contribution in [-0.2, 0) is 4.79 Å². The maximum atomic E-state index is 12.3. The molecule has 108 valence electrons. The van der Waals surface area contributed by atoms with Gasteiger partial charge in [0.1, 0.15) is 6.04 Å². The molecule has 20 heavy (non-hydrogen) atoms. The van der Waals surface area contributed by atoms with E-state index >= 15 is 0 Å². The standard InChI is InChI=1S/C13H15BrN2O3S/c1-7-3-4-9(5-10(7)14)15-13(19)16-8(2)20-6-11(16)12(17)18/h3-5,8,11H,6H2,1-2H3,(H,15,19)(H,17,18). The number of carbonyl (C=O) groups is 2. The lowest BCUT2D eigenvalue weighted by atomic mass is 10.2. The van der Waals surface area contributed by atoms with Crippen LogP contribution in [0.2, 0.25) is 0 Å². The molecule has 0 aromatic heterocycles. The van der Waals surface area contributed by atoms with Gasteiger partial charge in [0.05, 0.1) is 5.37 Å². The summed E-state index contributed by atoms with van der Waals surface area (Å²) in [7, 11) is 0. The summed E-state index contributed by atoms with van der Waals surface area (Å²) in [6.45, 7) is 3.79. The van der Waals surface area contributed by atoms with Crippen LogP contribution >= 0.6 is 27.7 Å². The highest BCUT2D eigenvalue weighted by molar-refractivity contribution is 9.10. The molecule has 1 aliphatic rings. The largest absolute Gasteiger partial charge is 0.480 e. The minimum Gasteiger partial charge on any atom is -0.480 e.